The van der Waals surface area contributed by atoms with Gasteiger partial charge in [-0.25, -0.2) is 4.79 Å². The summed E-state index contributed by atoms with van der Waals surface area (Å²) < 4.78 is 0. The van der Waals surface area contributed by atoms with E-state index < -0.39 is 73.0 Å². The fourth-order valence-corrected chi connectivity index (χ4v) is 2.27. The smallest absolute Gasteiger partial charge is 0.326 e. The van der Waals surface area contributed by atoms with Gasteiger partial charge >= 0.3 is 5.97 Å². The quantitative estimate of drug-likeness (QED) is 0.116. The van der Waals surface area contributed by atoms with Gasteiger partial charge in [-0.1, -0.05) is 6.42 Å². The summed E-state index contributed by atoms with van der Waals surface area (Å²) in [6, 6.07) is -4.03. The molecule has 5 amide bonds. The average molecular weight is 431 g/mol. The number of carbonyl (C=O) groups excluding carboxylic acids is 5. The van der Waals surface area contributed by atoms with Crippen LogP contribution in [-0.2, 0) is 28.8 Å². The Hall–Kier alpha value is -3.26. The number of hydrogen-bond donors (Lipinski definition) is 8. The molecular formula is C16H29N7O7. The van der Waals surface area contributed by atoms with Crippen LogP contribution in [0.2, 0.25) is 0 Å². The van der Waals surface area contributed by atoms with E-state index in [4.69, 9.17) is 28.0 Å². The van der Waals surface area contributed by atoms with Gasteiger partial charge in [-0.3, -0.25) is 24.0 Å². The molecule has 0 fully saturated rings. The van der Waals surface area contributed by atoms with E-state index in [0.29, 0.717) is 25.8 Å². The number of carboxylic acids is 1. The van der Waals surface area contributed by atoms with Crippen LogP contribution >= 0.6 is 0 Å². The number of rotatable bonds is 15. The fourth-order valence-electron chi connectivity index (χ4n) is 2.27. The highest BCUT2D eigenvalue weighted by molar-refractivity contribution is 5.95. The van der Waals surface area contributed by atoms with Gasteiger partial charge in [0.05, 0.1) is 25.4 Å². The second-order valence-electron chi connectivity index (χ2n) is 6.47. The number of amides is 5. The molecule has 0 aliphatic heterocycles. The lowest BCUT2D eigenvalue weighted by Crippen LogP contribution is -2.55. The normalized spacial score (nSPS) is 13.4. The molecule has 14 nitrogen and oxygen atoms in total. The minimum Gasteiger partial charge on any atom is -0.480 e. The van der Waals surface area contributed by atoms with Crippen LogP contribution in [0.4, 0.5) is 0 Å². The summed E-state index contributed by atoms with van der Waals surface area (Å²) >= 11 is 0. The maximum Gasteiger partial charge on any atom is 0.326 e. The Bertz CT molecular complexity index is 656. The highest BCUT2D eigenvalue weighted by Gasteiger charge is 2.29. The van der Waals surface area contributed by atoms with Crippen molar-refractivity contribution in [1.29, 1.82) is 0 Å². The number of primary amides is 2. The molecule has 12 N–H and O–H groups in total. The van der Waals surface area contributed by atoms with Crippen molar-refractivity contribution in [2.75, 3.05) is 13.1 Å². The maximum absolute atomic E-state index is 12.2. The van der Waals surface area contributed by atoms with Crippen LogP contribution in [0.5, 0.6) is 0 Å². The van der Waals surface area contributed by atoms with Crippen molar-refractivity contribution in [3.05, 3.63) is 0 Å². The lowest BCUT2D eigenvalue weighted by molar-refractivity contribution is -0.143. The number of carboxylic acid groups (broad SMARTS) is 1. The van der Waals surface area contributed by atoms with Gasteiger partial charge in [0.2, 0.25) is 29.5 Å². The van der Waals surface area contributed by atoms with Gasteiger partial charge in [0.25, 0.3) is 0 Å². The van der Waals surface area contributed by atoms with E-state index in [1.54, 1.807) is 0 Å². The molecule has 0 heterocycles. The molecule has 3 atom stereocenters. The number of nitrogens with one attached hydrogen (secondary N) is 3. The Balaban J connectivity index is 4.83. The first kappa shape index (κ1) is 26.7. The van der Waals surface area contributed by atoms with E-state index in [1.165, 1.54) is 0 Å². The number of hydrogen-bond acceptors (Lipinski definition) is 8. The summed E-state index contributed by atoms with van der Waals surface area (Å²) in [6.45, 7) is -0.0855. The highest BCUT2D eigenvalue weighted by Crippen LogP contribution is 1.99. The number of carbonyl (C=O) groups is 6. The summed E-state index contributed by atoms with van der Waals surface area (Å²) in [5.74, 6) is -5.99. The summed E-state index contributed by atoms with van der Waals surface area (Å²) in [6.07, 6.45) is 0.351. The van der Waals surface area contributed by atoms with Gasteiger partial charge < -0.3 is 44.0 Å². The molecular weight excluding hydrogens is 402 g/mol. The molecule has 0 aromatic rings. The summed E-state index contributed by atoms with van der Waals surface area (Å²) in [7, 11) is 0. The molecule has 0 radical (unpaired) electrons. The molecule has 3 unspecified atom stereocenters. The first-order valence-corrected chi connectivity index (χ1v) is 9.10. The number of aliphatic carboxylic acids is 1. The number of nitrogens with two attached hydrogens (primary N) is 4. The zero-order chi connectivity index (χ0) is 23.3. The van der Waals surface area contributed by atoms with E-state index in [0.717, 1.165) is 0 Å². The van der Waals surface area contributed by atoms with E-state index in [9.17, 15) is 28.8 Å². The van der Waals surface area contributed by atoms with E-state index in [2.05, 4.69) is 10.6 Å². The minimum absolute atomic E-state index is 0.369. The summed E-state index contributed by atoms with van der Waals surface area (Å²) in [5, 5.41) is 15.5. The third kappa shape index (κ3) is 11.6. The average Bonchev–Trinajstić information content (AvgIpc) is 2.64. The molecule has 14 heteroatoms. The molecule has 0 rings (SSSR count). The van der Waals surface area contributed by atoms with Crippen molar-refractivity contribution in [2.24, 2.45) is 22.9 Å². The summed E-state index contributed by atoms with van der Waals surface area (Å²) in [4.78, 5) is 69.3. The number of unbranched alkanes of at least 4 members (excludes halogenated alkanes) is 1. The monoisotopic (exact) mass is 431 g/mol. The van der Waals surface area contributed by atoms with Crippen molar-refractivity contribution in [2.45, 2.75) is 50.2 Å². The van der Waals surface area contributed by atoms with Crippen LogP contribution in [0, 0.1) is 0 Å². The molecule has 0 saturated carbocycles. The van der Waals surface area contributed by atoms with Crippen LogP contribution in [-0.4, -0.2) is 71.8 Å². The second-order valence-corrected chi connectivity index (χ2v) is 6.47. The van der Waals surface area contributed by atoms with Gasteiger partial charge in [-0.2, -0.15) is 0 Å². The van der Waals surface area contributed by atoms with Crippen molar-refractivity contribution in [1.82, 2.24) is 16.0 Å². The van der Waals surface area contributed by atoms with Crippen LogP contribution in [0.15, 0.2) is 0 Å². The van der Waals surface area contributed by atoms with Gasteiger partial charge in [0, 0.05) is 0 Å². The Morgan fingerprint density at radius 3 is 1.90 bits per heavy atom. The van der Waals surface area contributed by atoms with Crippen molar-refractivity contribution in [3.8, 4) is 0 Å². The van der Waals surface area contributed by atoms with E-state index in [1.807, 2.05) is 5.32 Å². The third-order valence-corrected chi connectivity index (χ3v) is 3.81. The predicted molar refractivity (Wildman–Crippen MR) is 103 cm³/mol. The molecule has 30 heavy (non-hydrogen) atoms. The van der Waals surface area contributed by atoms with Crippen molar-refractivity contribution in [3.63, 3.8) is 0 Å². The van der Waals surface area contributed by atoms with Crippen molar-refractivity contribution >= 4 is 35.5 Å². The Morgan fingerprint density at radius 2 is 1.40 bits per heavy atom. The van der Waals surface area contributed by atoms with Gasteiger partial charge in [0.1, 0.15) is 12.1 Å². The largest absolute Gasteiger partial charge is 0.480 e. The van der Waals surface area contributed by atoms with Gasteiger partial charge in [0.15, 0.2) is 0 Å². The predicted octanol–water partition coefficient (Wildman–Crippen LogP) is -4.64. The zero-order valence-corrected chi connectivity index (χ0v) is 16.4. The zero-order valence-electron chi connectivity index (χ0n) is 16.4. The lowest BCUT2D eigenvalue weighted by atomic mass is 10.1. The third-order valence-electron chi connectivity index (χ3n) is 3.81. The van der Waals surface area contributed by atoms with Gasteiger partial charge in [-0.15, -0.1) is 0 Å². The standard InChI is InChI=1S/C16H29N7O7/c17-4-2-1-3-8(18)14(27)21-7-13(26)22-9(5-11(19)24)15(28)23-10(16(29)30)6-12(20)25/h8-10H,1-7,17-18H2,(H2,19,24)(H2,20,25)(H,21,27)(H,22,26)(H,23,28)(H,29,30). The Labute approximate surface area is 172 Å². The van der Waals surface area contributed by atoms with Crippen LogP contribution in [0.25, 0.3) is 0 Å². The van der Waals surface area contributed by atoms with Gasteiger partial charge in [-0.05, 0) is 19.4 Å². The van der Waals surface area contributed by atoms with E-state index >= 15 is 0 Å². The van der Waals surface area contributed by atoms with E-state index in [-0.39, 0.29) is 0 Å². The van der Waals surface area contributed by atoms with Crippen LogP contribution in [0.1, 0.15) is 32.1 Å². The maximum atomic E-state index is 12.2. The fraction of sp³-hybridized carbons (Fsp3) is 0.625. The van der Waals surface area contributed by atoms with Crippen molar-refractivity contribution < 1.29 is 33.9 Å². The Kier molecular flexibility index (Phi) is 12.3. The van der Waals surface area contributed by atoms with Crippen LogP contribution in [0.3, 0.4) is 0 Å². The molecule has 0 aliphatic carbocycles. The Morgan fingerprint density at radius 1 is 0.833 bits per heavy atom. The molecule has 0 saturated heterocycles. The summed E-state index contributed by atoms with van der Waals surface area (Å²) in [5.41, 5.74) is 21.0. The molecule has 170 valence electrons. The molecule has 0 aromatic carbocycles. The first-order chi connectivity index (χ1) is 14.0. The molecule has 0 bridgehead atoms. The molecule has 0 aliphatic rings. The minimum atomic E-state index is -1.66. The highest BCUT2D eigenvalue weighted by atomic mass is 16.4. The topological polar surface area (TPSA) is 263 Å². The molecule has 0 aromatic heterocycles. The van der Waals surface area contributed by atoms with Crippen LogP contribution < -0.4 is 38.9 Å². The SMILES string of the molecule is NCCCCC(N)C(=O)NCC(=O)NC(CC(N)=O)C(=O)NC(CC(N)=O)C(=O)O. The molecule has 0 spiro atoms. The second kappa shape index (κ2) is 13.8. The lowest BCUT2D eigenvalue weighted by Gasteiger charge is -2.20. The first-order valence-electron chi connectivity index (χ1n) is 9.10.